The van der Waals surface area contributed by atoms with Crippen molar-refractivity contribution in [2.45, 2.75) is 18.4 Å². The zero-order chi connectivity index (χ0) is 13.0. The van der Waals surface area contributed by atoms with Gasteiger partial charge in [-0.2, -0.15) is 0 Å². The molecule has 0 spiro atoms. The molecular formula is C14H15NO2S. The van der Waals surface area contributed by atoms with Crippen molar-refractivity contribution in [2.24, 2.45) is 0 Å². The van der Waals surface area contributed by atoms with Crippen LogP contribution < -0.4 is 4.72 Å². The van der Waals surface area contributed by atoms with Crippen LogP contribution >= 0.6 is 0 Å². The van der Waals surface area contributed by atoms with Gasteiger partial charge in [0, 0.05) is 6.54 Å². The van der Waals surface area contributed by atoms with Crippen LogP contribution in [-0.2, 0) is 16.6 Å². The molecule has 0 radical (unpaired) electrons. The van der Waals surface area contributed by atoms with E-state index in [0.29, 0.717) is 11.4 Å². The minimum absolute atomic E-state index is 0.303. The summed E-state index contributed by atoms with van der Waals surface area (Å²) in [6.45, 7) is 2.09. The topological polar surface area (TPSA) is 46.2 Å². The van der Waals surface area contributed by atoms with Gasteiger partial charge in [-0.05, 0) is 24.1 Å². The fourth-order valence-electron chi connectivity index (χ4n) is 1.71. The average molecular weight is 261 g/mol. The molecule has 18 heavy (non-hydrogen) atoms. The Morgan fingerprint density at radius 2 is 1.56 bits per heavy atom. The predicted molar refractivity (Wildman–Crippen MR) is 71.6 cm³/mol. The van der Waals surface area contributed by atoms with Crippen LogP contribution in [0.2, 0.25) is 0 Å². The Hall–Kier alpha value is -1.65. The predicted octanol–water partition coefficient (Wildman–Crippen LogP) is 2.47. The van der Waals surface area contributed by atoms with Crippen molar-refractivity contribution in [1.82, 2.24) is 4.72 Å². The molecule has 0 fully saturated rings. The zero-order valence-electron chi connectivity index (χ0n) is 10.1. The third-order valence-corrected chi connectivity index (χ3v) is 4.25. The Kier molecular flexibility index (Phi) is 3.79. The van der Waals surface area contributed by atoms with Crippen LogP contribution in [0.3, 0.4) is 0 Å². The number of hydrogen-bond donors (Lipinski definition) is 1. The summed E-state index contributed by atoms with van der Waals surface area (Å²) in [5, 5.41) is 0. The van der Waals surface area contributed by atoms with Gasteiger partial charge in [0.1, 0.15) is 0 Å². The number of nitrogens with one attached hydrogen (secondary N) is 1. The summed E-state index contributed by atoms with van der Waals surface area (Å²) >= 11 is 0. The largest absolute Gasteiger partial charge is 0.241 e. The first-order chi connectivity index (χ1) is 8.59. The number of benzene rings is 2. The van der Waals surface area contributed by atoms with Crippen molar-refractivity contribution in [3.8, 4) is 0 Å². The molecule has 94 valence electrons. The molecule has 0 unspecified atom stereocenters. The highest BCUT2D eigenvalue weighted by Gasteiger charge is 2.15. The first kappa shape index (κ1) is 12.8. The van der Waals surface area contributed by atoms with Crippen LogP contribution in [-0.4, -0.2) is 8.42 Å². The normalized spacial score (nSPS) is 11.4. The maximum atomic E-state index is 12.1. The summed E-state index contributed by atoms with van der Waals surface area (Å²) in [5.41, 5.74) is 1.69. The van der Waals surface area contributed by atoms with Gasteiger partial charge < -0.3 is 0 Å². The molecule has 2 aromatic rings. The highest BCUT2D eigenvalue weighted by molar-refractivity contribution is 7.89. The fraction of sp³-hybridized carbons (Fsp3) is 0.143. The van der Waals surface area contributed by atoms with E-state index in [1.807, 2.05) is 36.4 Å². The molecule has 2 aromatic carbocycles. The average Bonchev–Trinajstić information content (AvgIpc) is 2.38. The van der Waals surface area contributed by atoms with Gasteiger partial charge >= 0.3 is 0 Å². The molecule has 0 saturated carbocycles. The number of hydrogen-bond acceptors (Lipinski definition) is 2. The maximum absolute atomic E-state index is 12.1. The Morgan fingerprint density at radius 1 is 0.944 bits per heavy atom. The van der Waals surface area contributed by atoms with E-state index in [9.17, 15) is 8.42 Å². The highest BCUT2D eigenvalue weighted by atomic mass is 32.2. The lowest BCUT2D eigenvalue weighted by molar-refractivity contribution is 0.580. The van der Waals surface area contributed by atoms with E-state index in [1.54, 1.807) is 25.1 Å². The number of aryl methyl sites for hydroxylation is 1. The minimum Gasteiger partial charge on any atom is -0.207 e. The third-order valence-electron chi connectivity index (χ3n) is 2.69. The van der Waals surface area contributed by atoms with E-state index in [-0.39, 0.29) is 0 Å². The molecule has 0 aliphatic rings. The fourth-order valence-corrected chi connectivity index (χ4v) is 2.97. The summed E-state index contributed by atoms with van der Waals surface area (Å²) in [4.78, 5) is 0.334. The van der Waals surface area contributed by atoms with Crippen molar-refractivity contribution >= 4 is 10.0 Å². The summed E-state index contributed by atoms with van der Waals surface area (Å²) < 4.78 is 26.8. The molecule has 4 heteroatoms. The van der Waals surface area contributed by atoms with Crippen LogP contribution in [0.15, 0.2) is 59.5 Å². The van der Waals surface area contributed by atoms with Crippen molar-refractivity contribution in [2.75, 3.05) is 0 Å². The second kappa shape index (κ2) is 5.33. The Balaban J connectivity index is 2.16. The molecule has 0 saturated heterocycles. The SMILES string of the molecule is Cc1ccccc1S(=O)(=O)NCc1ccccc1. The maximum Gasteiger partial charge on any atom is 0.241 e. The van der Waals surface area contributed by atoms with Gasteiger partial charge in [0.05, 0.1) is 4.90 Å². The van der Waals surface area contributed by atoms with Crippen molar-refractivity contribution in [3.05, 3.63) is 65.7 Å². The van der Waals surface area contributed by atoms with Crippen LogP contribution in [0, 0.1) is 6.92 Å². The van der Waals surface area contributed by atoms with Gasteiger partial charge in [-0.1, -0.05) is 48.5 Å². The van der Waals surface area contributed by atoms with E-state index in [0.717, 1.165) is 11.1 Å². The monoisotopic (exact) mass is 261 g/mol. The second-order valence-corrected chi connectivity index (χ2v) is 5.81. The highest BCUT2D eigenvalue weighted by Crippen LogP contribution is 2.14. The lowest BCUT2D eigenvalue weighted by Gasteiger charge is -2.09. The second-order valence-electron chi connectivity index (χ2n) is 4.08. The lowest BCUT2D eigenvalue weighted by atomic mass is 10.2. The smallest absolute Gasteiger partial charge is 0.207 e. The molecular weight excluding hydrogens is 246 g/mol. The summed E-state index contributed by atoms with van der Waals surface area (Å²) in [6, 6.07) is 16.4. The van der Waals surface area contributed by atoms with Crippen LogP contribution in [0.5, 0.6) is 0 Å². The van der Waals surface area contributed by atoms with Gasteiger partial charge in [0.2, 0.25) is 10.0 Å². The van der Waals surface area contributed by atoms with E-state index in [2.05, 4.69) is 4.72 Å². The summed E-state index contributed by atoms with van der Waals surface area (Å²) in [5.74, 6) is 0. The van der Waals surface area contributed by atoms with E-state index in [1.165, 1.54) is 0 Å². The molecule has 0 heterocycles. The molecule has 2 rings (SSSR count). The molecule has 0 bridgehead atoms. The Bertz CT molecular complexity index is 621. The van der Waals surface area contributed by atoms with Gasteiger partial charge in [0.25, 0.3) is 0 Å². The molecule has 1 N–H and O–H groups in total. The third kappa shape index (κ3) is 2.97. The van der Waals surface area contributed by atoms with Gasteiger partial charge in [-0.15, -0.1) is 0 Å². The van der Waals surface area contributed by atoms with Gasteiger partial charge in [-0.3, -0.25) is 0 Å². The van der Waals surface area contributed by atoms with E-state index < -0.39 is 10.0 Å². The zero-order valence-corrected chi connectivity index (χ0v) is 10.9. The lowest BCUT2D eigenvalue weighted by Crippen LogP contribution is -2.23. The summed E-state index contributed by atoms with van der Waals surface area (Å²) in [7, 11) is -3.44. The first-order valence-electron chi connectivity index (χ1n) is 5.69. The minimum atomic E-state index is -3.44. The van der Waals surface area contributed by atoms with Gasteiger partial charge in [-0.25, -0.2) is 13.1 Å². The first-order valence-corrected chi connectivity index (χ1v) is 7.17. The van der Waals surface area contributed by atoms with Gasteiger partial charge in [0.15, 0.2) is 0 Å². The van der Waals surface area contributed by atoms with Crippen molar-refractivity contribution < 1.29 is 8.42 Å². The molecule has 0 amide bonds. The molecule has 3 nitrogen and oxygen atoms in total. The molecule has 0 aromatic heterocycles. The van der Waals surface area contributed by atoms with Crippen molar-refractivity contribution in [3.63, 3.8) is 0 Å². The molecule has 0 aliphatic carbocycles. The summed E-state index contributed by atoms with van der Waals surface area (Å²) in [6.07, 6.45) is 0. The van der Waals surface area contributed by atoms with Crippen molar-refractivity contribution in [1.29, 1.82) is 0 Å². The van der Waals surface area contributed by atoms with Crippen LogP contribution in [0.25, 0.3) is 0 Å². The molecule has 0 atom stereocenters. The number of rotatable bonds is 4. The Labute approximate surface area is 108 Å². The standard InChI is InChI=1S/C14H15NO2S/c1-12-7-5-6-10-14(12)18(16,17)15-11-13-8-3-2-4-9-13/h2-10,15H,11H2,1H3. The quantitative estimate of drug-likeness (QED) is 0.919. The molecule has 0 aliphatic heterocycles. The van der Waals surface area contributed by atoms with E-state index in [4.69, 9.17) is 0 Å². The Morgan fingerprint density at radius 3 is 2.22 bits per heavy atom. The van der Waals surface area contributed by atoms with Crippen LogP contribution in [0.4, 0.5) is 0 Å². The number of sulfonamides is 1. The van der Waals surface area contributed by atoms with E-state index >= 15 is 0 Å². The van der Waals surface area contributed by atoms with Crippen LogP contribution in [0.1, 0.15) is 11.1 Å².